The Labute approximate surface area is 162 Å². The predicted molar refractivity (Wildman–Crippen MR) is 101 cm³/mol. The van der Waals surface area contributed by atoms with Crippen LogP contribution < -0.4 is 16.2 Å². The average Bonchev–Trinajstić information content (AvgIpc) is 3.01. The van der Waals surface area contributed by atoms with Crippen molar-refractivity contribution < 1.29 is 4.79 Å². The Morgan fingerprint density at radius 2 is 2.23 bits per heavy atom. The van der Waals surface area contributed by atoms with Crippen LogP contribution in [0, 0.1) is 5.92 Å². The fourth-order valence-corrected chi connectivity index (χ4v) is 3.96. The van der Waals surface area contributed by atoms with Crippen LogP contribution in [0.2, 0.25) is 5.02 Å². The van der Waals surface area contributed by atoms with Gasteiger partial charge in [0.1, 0.15) is 5.56 Å². The second-order valence-electron chi connectivity index (χ2n) is 6.72. The average molecular weight is 398 g/mol. The van der Waals surface area contributed by atoms with Crippen molar-refractivity contribution in [2.75, 3.05) is 19.6 Å². The zero-order chi connectivity index (χ0) is 17.4. The summed E-state index contributed by atoms with van der Waals surface area (Å²) in [6.07, 6.45) is 4.35. The van der Waals surface area contributed by atoms with Crippen LogP contribution in [0.25, 0.3) is 0 Å². The van der Waals surface area contributed by atoms with Gasteiger partial charge >= 0.3 is 0 Å². The molecule has 0 aliphatic carbocycles. The monoisotopic (exact) mass is 397 g/mol. The Bertz CT molecular complexity index is 863. The number of nitrogens with zero attached hydrogens (tertiary/aromatic N) is 3. The summed E-state index contributed by atoms with van der Waals surface area (Å²) in [5.74, 6) is 0.487. The molecule has 2 aliphatic heterocycles. The molecular weight excluding hydrogens is 377 g/mol. The SMILES string of the molecule is Cl.O=C(NCCn1cc(Cl)cn1)c1ccc2n(c1=O)C[C@@H]1CNC[C@H]2C1. The van der Waals surface area contributed by atoms with Gasteiger partial charge in [0.25, 0.3) is 11.5 Å². The quantitative estimate of drug-likeness (QED) is 0.813. The highest BCUT2D eigenvalue weighted by Crippen LogP contribution is 2.31. The van der Waals surface area contributed by atoms with E-state index in [1.54, 1.807) is 27.7 Å². The maximum atomic E-state index is 12.8. The van der Waals surface area contributed by atoms with E-state index in [0.717, 1.165) is 25.2 Å². The van der Waals surface area contributed by atoms with Crippen molar-refractivity contribution in [2.45, 2.75) is 25.4 Å². The predicted octanol–water partition coefficient (Wildman–Crippen LogP) is 1.26. The summed E-state index contributed by atoms with van der Waals surface area (Å²) < 4.78 is 3.44. The van der Waals surface area contributed by atoms with E-state index in [-0.39, 0.29) is 29.4 Å². The summed E-state index contributed by atoms with van der Waals surface area (Å²) in [7, 11) is 0. The molecule has 2 atom stereocenters. The summed E-state index contributed by atoms with van der Waals surface area (Å²) >= 11 is 5.81. The van der Waals surface area contributed by atoms with Crippen molar-refractivity contribution in [3.8, 4) is 0 Å². The van der Waals surface area contributed by atoms with Gasteiger partial charge in [0.2, 0.25) is 0 Å². The Morgan fingerprint density at radius 1 is 1.38 bits per heavy atom. The number of hydrogen-bond donors (Lipinski definition) is 2. The molecule has 2 aromatic heterocycles. The van der Waals surface area contributed by atoms with E-state index < -0.39 is 0 Å². The van der Waals surface area contributed by atoms with Gasteiger partial charge in [0.05, 0.1) is 17.8 Å². The molecule has 1 amide bonds. The smallest absolute Gasteiger partial charge is 0.263 e. The first kappa shape index (κ1) is 18.9. The zero-order valence-electron chi connectivity index (χ0n) is 14.2. The number of halogens is 2. The van der Waals surface area contributed by atoms with Gasteiger partial charge in [0, 0.05) is 37.4 Å². The number of pyridine rings is 1. The van der Waals surface area contributed by atoms with Gasteiger partial charge in [-0.05, 0) is 31.0 Å². The molecule has 7 nitrogen and oxygen atoms in total. The molecule has 2 N–H and O–H groups in total. The fraction of sp³-hybridized carbons (Fsp3) is 0.471. The molecule has 0 aromatic carbocycles. The Balaban J connectivity index is 0.00000196. The van der Waals surface area contributed by atoms with Crippen molar-refractivity contribution in [3.63, 3.8) is 0 Å². The molecule has 0 radical (unpaired) electrons. The maximum absolute atomic E-state index is 12.8. The van der Waals surface area contributed by atoms with E-state index in [4.69, 9.17) is 11.6 Å². The second kappa shape index (κ2) is 7.82. The molecule has 0 saturated carbocycles. The Hall–Kier alpha value is -1.83. The molecule has 2 aliphatic rings. The highest BCUT2D eigenvalue weighted by atomic mass is 35.5. The molecule has 140 valence electrons. The molecule has 4 heterocycles. The molecular formula is C17H21Cl2N5O2. The lowest BCUT2D eigenvalue weighted by molar-refractivity contribution is 0.0949. The minimum atomic E-state index is -0.340. The number of carbonyl (C=O) groups is 1. The molecule has 2 aromatic rings. The van der Waals surface area contributed by atoms with Gasteiger partial charge in [-0.3, -0.25) is 14.3 Å². The molecule has 0 unspecified atom stereocenters. The first-order chi connectivity index (χ1) is 12.1. The van der Waals surface area contributed by atoms with Gasteiger partial charge in [-0.2, -0.15) is 5.10 Å². The van der Waals surface area contributed by atoms with Crippen LogP contribution in [-0.2, 0) is 13.1 Å². The summed E-state index contributed by atoms with van der Waals surface area (Å²) in [5, 5.41) is 10.8. The van der Waals surface area contributed by atoms with E-state index in [1.165, 1.54) is 0 Å². The summed E-state index contributed by atoms with van der Waals surface area (Å²) in [6, 6.07) is 3.58. The minimum absolute atomic E-state index is 0. The number of piperidine rings is 1. The standard InChI is InChI=1S/C17H20ClN5O2.ClH/c18-13-8-21-22(10-13)4-3-20-16(24)14-1-2-15-12-5-11(6-19-7-12)9-23(15)17(14)25;/h1-2,8,10-12,19H,3-7,9H2,(H,20,24);1H/t11-,12+;/m0./s1. The van der Waals surface area contributed by atoms with Crippen LogP contribution >= 0.6 is 24.0 Å². The third-order valence-electron chi connectivity index (χ3n) is 4.98. The van der Waals surface area contributed by atoms with Crippen LogP contribution in [0.15, 0.2) is 29.3 Å². The number of fused-ring (bicyclic) bond motifs is 4. The third kappa shape index (κ3) is 3.65. The van der Waals surface area contributed by atoms with E-state index in [0.29, 0.717) is 36.5 Å². The second-order valence-corrected chi connectivity index (χ2v) is 7.16. The topological polar surface area (TPSA) is 81.0 Å². The zero-order valence-corrected chi connectivity index (χ0v) is 15.7. The summed E-state index contributed by atoms with van der Waals surface area (Å²) in [5.41, 5.74) is 1.06. The molecule has 1 fully saturated rings. The number of aromatic nitrogens is 3. The van der Waals surface area contributed by atoms with Crippen LogP contribution in [0.5, 0.6) is 0 Å². The van der Waals surface area contributed by atoms with E-state index in [2.05, 4.69) is 15.7 Å². The summed E-state index contributed by atoms with van der Waals surface area (Å²) in [4.78, 5) is 25.2. The molecule has 26 heavy (non-hydrogen) atoms. The summed E-state index contributed by atoms with van der Waals surface area (Å²) in [6.45, 7) is 3.40. The van der Waals surface area contributed by atoms with Crippen molar-refractivity contribution in [3.05, 3.63) is 51.2 Å². The number of amides is 1. The van der Waals surface area contributed by atoms with Gasteiger partial charge in [-0.15, -0.1) is 12.4 Å². The fourth-order valence-electron chi connectivity index (χ4n) is 3.80. The number of rotatable bonds is 4. The highest BCUT2D eigenvalue weighted by molar-refractivity contribution is 6.30. The van der Waals surface area contributed by atoms with Gasteiger partial charge < -0.3 is 15.2 Å². The largest absolute Gasteiger partial charge is 0.350 e. The van der Waals surface area contributed by atoms with E-state index >= 15 is 0 Å². The first-order valence-electron chi connectivity index (χ1n) is 8.52. The maximum Gasteiger partial charge on any atom is 0.263 e. The number of nitrogens with one attached hydrogen (secondary N) is 2. The lowest BCUT2D eigenvalue weighted by Gasteiger charge is -2.37. The molecule has 1 saturated heterocycles. The number of hydrogen-bond acceptors (Lipinski definition) is 4. The number of carbonyl (C=O) groups excluding carboxylic acids is 1. The Kier molecular flexibility index (Phi) is 5.70. The molecule has 0 spiro atoms. The van der Waals surface area contributed by atoms with Crippen molar-refractivity contribution in [1.29, 1.82) is 0 Å². The van der Waals surface area contributed by atoms with Crippen LogP contribution in [0.4, 0.5) is 0 Å². The van der Waals surface area contributed by atoms with Gasteiger partial charge in [-0.1, -0.05) is 11.6 Å². The lowest BCUT2D eigenvalue weighted by Crippen LogP contribution is -2.46. The molecule has 4 rings (SSSR count). The lowest BCUT2D eigenvalue weighted by atomic mass is 9.84. The molecule has 2 bridgehead atoms. The minimum Gasteiger partial charge on any atom is -0.350 e. The van der Waals surface area contributed by atoms with E-state index in [9.17, 15) is 9.59 Å². The van der Waals surface area contributed by atoms with Crippen LogP contribution in [-0.4, -0.2) is 39.9 Å². The normalized spacial score (nSPS) is 20.8. The van der Waals surface area contributed by atoms with Crippen molar-refractivity contribution in [2.24, 2.45) is 5.92 Å². The highest BCUT2D eigenvalue weighted by Gasteiger charge is 2.31. The van der Waals surface area contributed by atoms with Gasteiger partial charge in [-0.25, -0.2) is 0 Å². The van der Waals surface area contributed by atoms with Crippen molar-refractivity contribution >= 4 is 29.9 Å². The third-order valence-corrected chi connectivity index (χ3v) is 5.18. The van der Waals surface area contributed by atoms with Crippen molar-refractivity contribution in [1.82, 2.24) is 25.0 Å². The Morgan fingerprint density at radius 3 is 3.00 bits per heavy atom. The van der Waals surface area contributed by atoms with Crippen LogP contribution in [0.3, 0.4) is 0 Å². The van der Waals surface area contributed by atoms with Gasteiger partial charge in [0.15, 0.2) is 0 Å². The first-order valence-corrected chi connectivity index (χ1v) is 8.90. The van der Waals surface area contributed by atoms with Crippen LogP contribution in [0.1, 0.15) is 28.4 Å². The molecule has 9 heteroatoms. The van der Waals surface area contributed by atoms with E-state index in [1.807, 2.05) is 6.07 Å².